The fourth-order valence-electron chi connectivity index (χ4n) is 4.05. The van der Waals surface area contributed by atoms with Crippen LogP contribution < -0.4 is 10.1 Å². The molecule has 2 aromatic carbocycles. The molecular formula is C25H27FN4O3. The molecule has 3 aromatic rings. The second kappa shape index (κ2) is 10.3. The molecule has 0 bridgehead atoms. The summed E-state index contributed by atoms with van der Waals surface area (Å²) in [4.78, 5) is 31.6. The highest BCUT2D eigenvalue weighted by molar-refractivity contribution is 5.81. The molecule has 0 radical (unpaired) electrons. The maximum atomic E-state index is 14.5. The van der Waals surface area contributed by atoms with Gasteiger partial charge in [-0.1, -0.05) is 36.4 Å². The van der Waals surface area contributed by atoms with Gasteiger partial charge in [0.05, 0.1) is 0 Å². The predicted molar refractivity (Wildman–Crippen MR) is 121 cm³/mol. The zero-order valence-corrected chi connectivity index (χ0v) is 18.5. The predicted octanol–water partition coefficient (Wildman–Crippen LogP) is 3.08. The van der Waals surface area contributed by atoms with Gasteiger partial charge in [0.25, 0.3) is 5.91 Å². The molecule has 2 amide bonds. The Bertz CT molecular complexity index is 1090. The number of hydrogen-bond donors (Lipinski definition) is 1. The Morgan fingerprint density at radius 3 is 2.48 bits per heavy atom. The van der Waals surface area contributed by atoms with E-state index in [1.165, 1.54) is 6.07 Å². The molecule has 0 unspecified atom stereocenters. The Morgan fingerprint density at radius 2 is 1.82 bits per heavy atom. The number of piperidine rings is 1. The van der Waals surface area contributed by atoms with Crippen LogP contribution in [0.1, 0.15) is 30.3 Å². The van der Waals surface area contributed by atoms with E-state index in [0.29, 0.717) is 43.1 Å². The maximum absolute atomic E-state index is 14.5. The SMILES string of the molecule is Cn1ccnc1[C@@H](NC(=O)C1CCN(C(=O)COc2ccccc2)CC1)c1ccccc1F. The van der Waals surface area contributed by atoms with Crippen molar-refractivity contribution in [1.82, 2.24) is 19.8 Å². The summed E-state index contributed by atoms with van der Waals surface area (Å²) >= 11 is 0. The molecule has 1 atom stereocenters. The number of amides is 2. The number of aryl methyl sites for hydroxylation is 1. The van der Waals surface area contributed by atoms with Crippen molar-refractivity contribution in [3.63, 3.8) is 0 Å². The Hall–Kier alpha value is -3.68. The molecule has 0 saturated carbocycles. The number of para-hydroxylation sites is 1. The minimum Gasteiger partial charge on any atom is -0.484 e. The van der Waals surface area contributed by atoms with Crippen molar-refractivity contribution < 1.29 is 18.7 Å². The number of ether oxygens (including phenoxy) is 1. The molecular weight excluding hydrogens is 423 g/mol. The second-order valence-electron chi connectivity index (χ2n) is 8.12. The molecule has 33 heavy (non-hydrogen) atoms. The molecule has 1 aliphatic rings. The van der Waals surface area contributed by atoms with Gasteiger partial charge in [0.2, 0.25) is 5.91 Å². The lowest BCUT2D eigenvalue weighted by atomic mass is 9.94. The van der Waals surface area contributed by atoms with Gasteiger partial charge < -0.3 is 19.5 Å². The van der Waals surface area contributed by atoms with Gasteiger partial charge in [-0.05, 0) is 31.0 Å². The van der Waals surface area contributed by atoms with Crippen molar-refractivity contribution >= 4 is 11.8 Å². The van der Waals surface area contributed by atoms with E-state index < -0.39 is 11.9 Å². The number of halogens is 1. The van der Waals surface area contributed by atoms with Gasteiger partial charge in [0, 0.05) is 44.0 Å². The minimum atomic E-state index is -0.697. The molecule has 1 aromatic heterocycles. The van der Waals surface area contributed by atoms with E-state index in [0.717, 1.165) is 0 Å². The Kier molecular flexibility index (Phi) is 7.02. The quantitative estimate of drug-likeness (QED) is 0.600. The lowest BCUT2D eigenvalue weighted by molar-refractivity contribution is -0.137. The van der Waals surface area contributed by atoms with Crippen LogP contribution in [0, 0.1) is 11.7 Å². The third-order valence-corrected chi connectivity index (χ3v) is 5.94. The summed E-state index contributed by atoms with van der Waals surface area (Å²) in [7, 11) is 1.81. The van der Waals surface area contributed by atoms with Crippen molar-refractivity contribution in [1.29, 1.82) is 0 Å². The van der Waals surface area contributed by atoms with Gasteiger partial charge in [-0.2, -0.15) is 0 Å². The van der Waals surface area contributed by atoms with Gasteiger partial charge in [0.15, 0.2) is 6.61 Å². The first-order valence-corrected chi connectivity index (χ1v) is 11.0. The van der Waals surface area contributed by atoms with Crippen LogP contribution >= 0.6 is 0 Å². The highest BCUT2D eigenvalue weighted by Gasteiger charge is 2.31. The Balaban J connectivity index is 1.36. The summed E-state index contributed by atoms with van der Waals surface area (Å²) < 4.78 is 21.9. The number of benzene rings is 2. The lowest BCUT2D eigenvalue weighted by Gasteiger charge is -2.32. The van der Waals surface area contributed by atoms with Crippen molar-refractivity contribution in [2.45, 2.75) is 18.9 Å². The number of hydrogen-bond acceptors (Lipinski definition) is 4. The van der Waals surface area contributed by atoms with Gasteiger partial charge in [0.1, 0.15) is 23.4 Å². The van der Waals surface area contributed by atoms with Crippen LogP contribution in [-0.2, 0) is 16.6 Å². The van der Waals surface area contributed by atoms with Crippen molar-refractivity contribution in [3.8, 4) is 5.75 Å². The highest BCUT2D eigenvalue weighted by atomic mass is 19.1. The van der Waals surface area contributed by atoms with Crippen LogP contribution in [-0.4, -0.2) is 46.0 Å². The molecule has 1 N–H and O–H groups in total. The molecule has 1 saturated heterocycles. The average Bonchev–Trinajstić information content (AvgIpc) is 3.27. The molecule has 1 fully saturated rings. The molecule has 8 heteroatoms. The number of nitrogens with zero attached hydrogens (tertiary/aromatic N) is 3. The summed E-state index contributed by atoms with van der Waals surface area (Å²) in [5, 5.41) is 2.99. The van der Waals surface area contributed by atoms with E-state index in [1.54, 1.807) is 52.2 Å². The van der Waals surface area contributed by atoms with E-state index in [1.807, 2.05) is 25.2 Å². The van der Waals surface area contributed by atoms with E-state index in [-0.39, 0.29) is 24.3 Å². The van der Waals surface area contributed by atoms with Crippen molar-refractivity contribution in [2.24, 2.45) is 13.0 Å². The summed E-state index contributed by atoms with van der Waals surface area (Å²) in [6.45, 7) is 0.916. The highest BCUT2D eigenvalue weighted by Crippen LogP contribution is 2.25. The van der Waals surface area contributed by atoms with Gasteiger partial charge >= 0.3 is 0 Å². The van der Waals surface area contributed by atoms with Crippen LogP contribution in [0.15, 0.2) is 67.0 Å². The first-order chi connectivity index (χ1) is 16.0. The van der Waals surface area contributed by atoms with Crippen LogP contribution in [0.5, 0.6) is 5.75 Å². The number of aromatic nitrogens is 2. The number of nitrogens with one attached hydrogen (secondary N) is 1. The monoisotopic (exact) mass is 450 g/mol. The van der Waals surface area contributed by atoms with E-state index in [2.05, 4.69) is 10.3 Å². The van der Waals surface area contributed by atoms with Crippen molar-refractivity contribution in [3.05, 3.63) is 84.2 Å². The number of rotatable bonds is 7. The summed E-state index contributed by atoms with van der Waals surface area (Å²) in [5.74, 6) is 0.268. The van der Waals surface area contributed by atoms with Crippen LogP contribution in [0.3, 0.4) is 0 Å². The number of carbonyl (C=O) groups excluding carboxylic acids is 2. The van der Waals surface area contributed by atoms with Crippen LogP contribution in [0.25, 0.3) is 0 Å². The number of likely N-dealkylation sites (tertiary alicyclic amines) is 1. The summed E-state index contributed by atoms with van der Waals surface area (Å²) in [5.41, 5.74) is 0.367. The topological polar surface area (TPSA) is 76.5 Å². The maximum Gasteiger partial charge on any atom is 0.260 e. The minimum absolute atomic E-state index is 0.0323. The zero-order valence-electron chi connectivity index (χ0n) is 18.5. The Morgan fingerprint density at radius 1 is 1.12 bits per heavy atom. The molecule has 4 rings (SSSR count). The van der Waals surface area contributed by atoms with Crippen LogP contribution in [0.4, 0.5) is 4.39 Å². The number of carbonyl (C=O) groups is 2. The average molecular weight is 451 g/mol. The smallest absolute Gasteiger partial charge is 0.260 e. The normalized spacial score (nSPS) is 15.2. The van der Waals surface area contributed by atoms with E-state index >= 15 is 0 Å². The zero-order chi connectivity index (χ0) is 23.2. The van der Waals surface area contributed by atoms with Crippen LogP contribution in [0.2, 0.25) is 0 Å². The molecule has 172 valence electrons. The first-order valence-electron chi connectivity index (χ1n) is 11.0. The molecule has 2 heterocycles. The second-order valence-corrected chi connectivity index (χ2v) is 8.12. The van der Waals surface area contributed by atoms with Crippen molar-refractivity contribution in [2.75, 3.05) is 19.7 Å². The first kappa shape index (κ1) is 22.5. The lowest BCUT2D eigenvalue weighted by Crippen LogP contribution is -2.45. The van der Waals surface area contributed by atoms with Gasteiger partial charge in [-0.15, -0.1) is 0 Å². The molecule has 1 aliphatic heterocycles. The Labute approximate surface area is 192 Å². The number of imidazole rings is 1. The van der Waals surface area contributed by atoms with Gasteiger partial charge in [-0.3, -0.25) is 9.59 Å². The standard InChI is InChI=1S/C25H27FN4O3/c1-29-16-13-27-24(29)23(20-9-5-6-10-21(20)26)28-25(32)18-11-14-30(15-12-18)22(31)17-33-19-7-3-2-4-8-19/h2-10,13,16,18,23H,11-12,14-15,17H2,1H3,(H,28,32)/t23-/m0/s1. The fourth-order valence-corrected chi connectivity index (χ4v) is 4.05. The summed E-state index contributed by atoms with van der Waals surface area (Å²) in [6.07, 6.45) is 4.45. The van der Waals surface area contributed by atoms with E-state index in [4.69, 9.17) is 4.74 Å². The largest absolute Gasteiger partial charge is 0.484 e. The van der Waals surface area contributed by atoms with E-state index in [9.17, 15) is 14.0 Å². The molecule has 0 aliphatic carbocycles. The molecule has 7 nitrogen and oxygen atoms in total. The third-order valence-electron chi connectivity index (χ3n) is 5.94. The third kappa shape index (κ3) is 5.39. The van der Waals surface area contributed by atoms with Gasteiger partial charge in [-0.25, -0.2) is 9.37 Å². The summed E-state index contributed by atoms with van der Waals surface area (Å²) in [6, 6.07) is 14.9. The fraction of sp³-hybridized carbons (Fsp3) is 0.320. The molecule has 0 spiro atoms.